The van der Waals surface area contributed by atoms with Gasteiger partial charge in [0.05, 0.1) is 16.7 Å². The molecule has 6 aromatic carbocycles. The standard InChI is InChI=1S/C66H60Cl3O6P/c1-31(2)46-25-37(52-55(67)61(73)43-22-16-13-19-40(43)58(52)70)26-47(32(3)4)64(46)76(65-48(33(5)6)27-38(28-49(65)34(7)8)53-56(68)62(74)44-23-17-14-20-41(44)59(53)71)66-50(35(9)10)29-39(30-51(66)36(11)12)54-57(69)63(75)45-24-18-15-21-42(45)60(54)72/h13-36H,1-12H3. The predicted octanol–water partition coefficient (Wildman–Crippen LogP) is 16.3. The van der Waals surface area contributed by atoms with Gasteiger partial charge in [0.1, 0.15) is 15.1 Å². The van der Waals surface area contributed by atoms with Gasteiger partial charge in [-0.15, -0.1) is 0 Å². The van der Waals surface area contributed by atoms with Gasteiger partial charge in [-0.3, -0.25) is 28.8 Å². The van der Waals surface area contributed by atoms with Crippen molar-refractivity contribution in [2.24, 2.45) is 0 Å². The van der Waals surface area contributed by atoms with E-state index in [0.717, 1.165) is 49.3 Å². The summed E-state index contributed by atoms with van der Waals surface area (Å²) in [4.78, 5) is 86.0. The second kappa shape index (κ2) is 21.0. The fourth-order valence-corrected chi connectivity index (χ4v) is 16.1. The highest BCUT2D eigenvalue weighted by Gasteiger charge is 2.40. The van der Waals surface area contributed by atoms with Crippen molar-refractivity contribution in [1.82, 2.24) is 0 Å². The molecule has 386 valence electrons. The molecule has 0 saturated carbocycles. The van der Waals surface area contributed by atoms with Crippen molar-refractivity contribution in [3.63, 3.8) is 0 Å². The van der Waals surface area contributed by atoms with E-state index < -0.39 is 25.3 Å². The first-order chi connectivity index (χ1) is 36.0. The van der Waals surface area contributed by atoms with E-state index in [-0.39, 0.29) is 101 Å². The highest BCUT2D eigenvalue weighted by molar-refractivity contribution is 7.80. The van der Waals surface area contributed by atoms with Gasteiger partial charge in [-0.1, -0.05) is 227 Å². The predicted molar refractivity (Wildman–Crippen MR) is 313 cm³/mol. The molecule has 9 rings (SSSR count). The van der Waals surface area contributed by atoms with Crippen molar-refractivity contribution in [3.05, 3.63) is 208 Å². The van der Waals surface area contributed by atoms with Crippen LogP contribution >= 0.6 is 42.7 Å². The summed E-state index contributed by atoms with van der Waals surface area (Å²) in [6.45, 7) is 25.7. The number of hydrogen-bond donors (Lipinski definition) is 0. The Bertz CT molecular complexity index is 3190. The Morgan fingerprint density at radius 1 is 0.289 bits per heavy atom. The Kier molecular flexibility index (Phi) is 15.1. The molecule has 0 fully saturated rings. The number of benzene rings is 6. The zero-order valence-corrected chi connectivity index (χ0v) is 48.0. The van der Waals surface area contributed by atoms with Gasteiger partial charge in [-0.25, -0.2) is 0 Å². The monoisotopic (exact) mass is 1080 g/mol. The second-order valence-corrected chi connectivity index (χ2v) is 25.1. The molecule has 10 heteroatoms. The quantitative estimate of drug-likeness (QED) is 0.113. The zero-order valence-electron chi connectivity index (χ0n) is 44.9. The van der Waals surface area contributed by atoms with Gasteiger partial charge in [0.15, 0.2) is 17.3 Å². The van der Waals surface area contributed by atoms with Gasteiger partial charge >= 0.3 is 0 Å². The van der Waals surface area contributed by atoms with Gasteiger partial charge in [-0.2, -0.15) is 0 Å². The van der Waals surface area contributed by atoms with Crippen molar-refractivity contribution in [2.45, 2.75) is 119 Å². The first-order valence-electron chi connectivity index (χ1n) is 26.1. The van der Waals surface area contributed by atoms with Gasteiger partial charge in [0.25, 0.3) is 0 Å². The molecule has 3 aliphatic rings. The topological polar surface area (TPSA) is 102 Å². The van der Waals surface area contributed by atoms with E-state index >= 15 is 0 Å². The lowest BCUT2D eigenvalue weighted by Gasteiger charge is -2.37. The summed E-state index contributed by atoms with van der Waals surface area (Å²) in [5.41, 5.74) is 9.68. The molecule has 0 aliphatic heterocycles. The Morgan fingerprint density at radius 3 is 0.632 bits per heavy atom. The van der Waals surface area contributed by atoms with Crippen LogP contribution in [0.5, 0.6) is 0 Å². The first kappa shape index (κ1) is 54.6. The molecule has 0 amide bonds. The van der Waals surface area contributed by atoms with Crippen molar-refractivity contribution in [2.75, 3.05) is 0 Å². The average molecular weight is 1090 g/mol. The van der Waals surface area contributed by atoms with E-state index in [9.17, 15) is 28.8 Å². The van der Waals surface area contributed by atoms with E-state index in [1.54, 1.807) is 72.8 Å². The normalized spacial score (nSPS) is 15.1. The smallest absolute Gasteiger partial charge is 0.205 e. The van der Waals surface area contributed by atoms with Crippen LogP contribution in [0.15, 0.2) is 124 Å². The number of allylic oxidation sites excluding steroid dienone is 6. The van der Waals surface area contributed by atoms with E-state index in [1.807, 2.05) is 0 Å². The van der Waals surface area contributed by atoms with Crippen LogP contribution in [0.2, 0.25) is 0 Å². The van der Waals surface area contributed by atoms with Crippen LogP contribution in [0.3, 0.4) is 0 Å². The van der Waals surface area contributed by atoms with Gasteiger partial charge in [0, 0.05) is 33.4 Å². The fourth-order valence-electron chi connectivity index (χ4n) is 11.0. The summed E-state index contributed by atoms with van der Waals surface area (Å²) in [6.07, 6.45) is 0. The van der Waals surface area contributed by atoms with Crippen LogP contribution in [-0.2, 0) is 0 Å². The van der Waals surface area contributed by atoms with Crippen molar-refractivity contribution in [3.8, 4) is 0 Å². The molecule has 0 saturated heterocycles. The maximum absolute atomic E-state index is 14.7. The third-order valence-electron chi connectivity index (χ3n) is 15.0. The first-order valence-corrected chi connectivity index (χ1v) is 28.5. The summed E-state index contributed by atoms with van der Waals surface area (Å²) in [5, 5.41) is 2.86. The molecule has 0 N–H and O–H groups in total. The molecular weight excluding hydrogens is 1030 g/mol. The molecular formula is C66H60Cl3O6P. The number of fused-ring (bicyclic) bond motifs is 3. The van der Waals surface area contributed by atoms with Crippen LogP contribution in [0.4, 0.5) is 0 Å². The summed E-state index contributed by atoms with van der Waals surface area (Å²) in [5.74, 6) is -2.96. The molecule has 6 aromatic rings. The summed E-state index contributed by atoms with van der Waals surface area (Å²) in [6, 6.07) is 32.7. The van der Waals surface area contributed by atoms with E-state index in [4.69, 9.17) is 34.8 Å². The fraction of sp³-hybridized carbons (Fsp3) is 0.273. The Morgan fingerprint density at radius 2 is 0.461 bits per heavy atom. The van der Waals surface area contributed by atoms with Crippen molar-refractivity contribution in [1.29, 1.82) is 0 Å². The maximum Gasteiger partial charge on any atom is 0.205 e. The summed E-state index contributed by atoms with van der Waals surface area (Å²) >= 11 is 21.1. The van der Waals surface area contributed by atoms with Crippen molar-refractivity contribution >= 4 is 110 Å². The minimum absolute atomic E-state index is 0.125. The number of halogens is 3. The Hall–Kier alpha value is -6.14. The lowest BCUT2D eigenvalue weighted by atomic mass is 9.83. The van der Waals surface area contributed by atoms with E-state index in [1.165, 1.54) is 0 Å². The average Bonchev–Trinajstić information content (AvgIpc) is 3.39. The summed E-state index contributed by atoms with van der Waals surface area (Å²) < 4.78 is 0. The second-order valence-electron chi connectivity index (χ2n) is 22.0. The maximum atomic E-state index is 14.7. The zero-order chi connectivity index (χ0) is 55.1. The van der Waals surface area contributed by atoms with Crippen LogP contribution < -0.4 is 15.9 Å². The van der Waals surface area contributed by atoms with E-state index in [0.29, 0.717) is 33.4 Å². The minimum Gasteiger partial charge on any atom is -0.289 e. The van der Waals surface area contributed by atoms with Crippen LogP contribution in [0, 0.1) is 0 Å². The van der Waals surface area contributed by atoms with Crippen LogP contribution in [0.1, 0.15) is 231 Å². The van der Waals surface area contributed by atoms with E-state index in [2.05, 4.69) is 119 Å². The largest absolute Gasteiger partial charge is 0.289 e. The molecule has 0 spiro atoms. The number of hydrogen-bond acceptors (Lipinski definition) is 6. The molecule has 76 heavy (non-hydrogen) atoms. The number of carbonyl (C=O) groups is 6. The third kappa shape index (κ3) is 9.07. The molecule has 0 radical (unpaired) electrons. The Labute approximate surface area is 462 Å². The third-order valence-corrected chi connectivity index (χ3v) is 18.9. The number of carbonyl (C=O) groups excluding carboxylic acids is 6. The minimum atomic E-state index is -1.68. The summed E-state index contributed by atoms with van der Waals surface area (Å²) in [7, 11) is -1.68. The highest BCUT2D eigenvalue weighted by Crippen LogP contribution is 2.50. The molecule has 0 heterocycles. The molecule has 0 unspecified atom stereocenters. The SMILES string of the molecule is CC(C)c1cc(C2=C(Cl)C(=O)c3ccccc3C2=O)cc(C(C)C)c1P(c1c(C(C)C)cc(C2=C(Cl)C(=O)c3ccccc3C2=O)cc1C(C)C)c1c(C(C)C)cc(C2=C(Cl)C(=O)c3ccccc3C2=O)cc1C(C)C. The molecule has 0 bridgehead atoms. The highest BCUT2D eigenvalue weighted by atomic mass is 35.5. The number of ketones is 6. The molecule has 0 aromatic heterocycles. The van der Waals surface area contributed by atoms with Gasteiger partial charge in [0.2, 0.25) is 17.3 Å². The van der Waals surface area contributed by atoms with Crippen LogP contribution in [-0.4, -0.2) is 34.7 Å². The molecule has 3 aliphatic carbocycles. The Balaban J connectivity index is 1.43. The number of rotatable bonds is 12. The van der Waals surface area contributed by atoms with Gasteiger partial charge < -0.3 is 0 Å². The van der Waals surface area contributed by atoms with Crippen LogP contribution in [0.25, 0.3) is 16.7 Å². The molecule has 0 atom stereocenters. The molecule has 6 nitrogen and oxygen atoms in total. The number of Topliss-reactive ketones (excluding diaryl/α,β-unsaturated/α-hetero) is 6. The van der Waals surface area contributed by atoms with Gasteiger partial charge in [-0.05, 0) is 109 Å². The van der Waals surface area contributed by atoms with Crippen molar-refractivity contribution < 1.29 is 28.8 Å². The lowest BCUT2D eigenvalue weighted by molar-refractivity contribution is 0.0998. The lowest BCUT2D eigenvalue weighted by Crippen LogP contribution is -2.35.